The van der Waals surface area contributed by atoms with Gasteiger partial charge in [-0.2, -0.15) is 5.26 Å². The second kappa shape index (κ2) is 8.61. The van der Waals surface area contributed by atoms with Crippen molar-refractivity contribution in [1.82, 2.24) is 10.2 Å². The fraction of sp³-hybridized carbons (Fsp3) is 0.938. The molecule has 0 aromatic rings. The number of ether oxygens (including phenoxy) is 1. The maximum Gasteiger partial charge on any atom is 0.109 e. The highest BCUT2D eigenvalue weighted by atomic mass is 16.5. The second-order valence-corrected chi connectivity index (χ2v) is 6.21. The topological polar surface area (TPSA) is 48.3 Å². The summed E-state index contributed by atoms with van der Waals surface area (Å²) in [7, 11) is 2.14. The van der Waals surface area contributed by atoms with Gasteiger partial charge in [-0.05, 0) is 59.2 Å². The molecule has 0 radical (unpaired) electrons. The summed E-state index contributed by atoms with van der Waals surface area (Å²) in [6.07, 6.45) is 4.75. The van der Waals surface area contributed by atoms with Gasteiger partial charge >= 0.3 is 0 Å². The SMILES string of the molecule is CCNC1(C#N)CCCC1CCN(C)CCOC(C)C. The molecule has 1 N–H and O–H groups in total. The molecule has 0 bridgehead atoms. The smallest absolute Gasteiger partial charge is 0.109 e. The van der Waals surface area contributed by atoms with Gasteiger partial charge in [-0.3, -0.25) is 5.32 Å². The first-order chi connectivity index (χ1) is 9.54. The van der Waals surface area contributed by atoms with Crippen molar-refractivity contribution in [3.8, 4) is 6.07 Å². The molecule has 0 aromatic heterocycles. The Morgan fingerprint density at radius 2 is 2.20 bits per heavy atom. The number of nitrogens with one attached hydrogen (secondary N) is 1. The molecule has 116 valence electrons. The predicted molar refractivity (Wildman–Crippen MR) is 82.6 cm³/mol. The van der Waals surface area contributed by atoms with Crippen LogP contribution in [0, 0.1) is 17.2 Å². The highest BCUT2D eigenvalue weighted by Crippen LogP contribution is 2.37. The van der Waals surface area contributed by atoms with Crippen LogP contribution in [-0.4, -0.2) is 49.8 Å². The van der Waals surface area contributed by atoms with Crippen molar-refractivity contribution >= 4 is 0 Å². The van der Waals surface area contributed by atoms with Gasteiger partial charge in [-0.1, -0.05) is 13.3 Å². The standard InChI is InChI=1S/C16H31N3O/c1-5-18-16(13-17)9-6-7-15(16)8-10-19(4)11-12-20-14(2)3/h14-15,18H,5-12H2,1-4H3. The van der Waals surface area contributed by atoms with Crippen molar-refractivity contribution in [1.29, 1.82) is 5.26 Å². The molecule has 0 aromatic carbocycles. The lowest BCUT2D eigenvalue weighted by Crippen LogP contribution is -2.47. The largest absolute Gasteiger partial charge is 0.377 e. The van der Waals surface area contributed by atoms with E-state index in [1.54, 1.807) is 0 Å². The molecule has 20 heavy (non-hydrogen) atoms. The van der Waals surface area contributed by atoms with E-state index in [9.17, 15) is 5.26 Å². The van der Waals surface area contributed by atoms with Gasteiger partial charge in [0.15, 0.2) is 0 Å². The number of nitriles is 1. The van der Waals surface area contributed by atoms with E-state index in [2.05, 4.69) is 44.1 Å². The van der Waals surface area contributed by atoms with Crippen LogP contribution >= 0.6 is 0 Å². The summed E-state index contributed by atoms with van der Waals surface area (Å²) in [6.45, 7) is 9.89. The molecule has 4 nitrogen and oxygen atoms in total. The van der Waals surface area contributed by atoms with Crippen LogP contribution in [0.4, 0.5) is 0 Å². The molecular formula is C16H31N3O. The van der Waals surface area contributed by atoms with Crippen LogP contribution in [0.2, 0.25) is 0 Å². The molecule has 1 aliphatic rings. The van der Waals surface area contributed by atoms with Gasteiger partial charge in [0.1, 0.15) is 5.54 Å². The minimum atomic E-state index is -0.274. The average molecular weight is 281 g/mol. The zero-order chi connectivity index (χ0) is 15.0. The Bertz CT molecular complexity index is 313. The predicted octanol–water partition coefficient (Wildman–Crippen LogP) is 2.41. The Morgan fingerprint density at radius 3 is 2.80 bits per heavy atom. The zero-order valence-electron chi connectivity index (χ0n) is 13.6. The lowest BCUT2D eigenvalue weighted by molar-refractivity contribution is 0.0625. The average Bonchev–Trinajstić information content (AvgIpc) is 2.80. The van der Waals surface area contributed by atoms with Gasteiger partial charge in [0.25, 0.3) is 0 Å². The van der Waals surface area contributed by atoms with E-state index >= 15 is 0 Å². The summed E-state index contributed by atoms with van der Waals surface area (Å²) < 4.78 is 5.58. The highest BCUT2D eigenvalue weighted by molar-refractivity contribution is 5.14. The van der Waals surface area contributed by atoms with Crippen LogP contribution in [-0.2, 0) is 4.74 Å². The molecule has 0 aliphatic heterocycles. The minimum Gasteiger partial charge on any atom is -0.377 e. The lowest BCUT2D eigenvalue weighted by Gasteiger charge is -2.30. The molecule has 0 heterocycles. The maximum atomic E-state index is 9.54. The molecule has 1 saturated carbocycles. The normalized spacial score (nSPS) is 26.4. The molecule has 2 atom stereocenters. The fourth-order valence-corrected chi connectivity index (χ4v) is 3.14. The molecule has 0 saturated heterocycles. The fourth-order valence-electron chi connectivity index (χ4n) is 3.14. The Hall–Kier alpha value is -0.630. The Labute approximate surface area is 124 Å². The van der Waals surface area contributed by atoms with E-state index in [-0.39, 0.29) is 5.54 Å². The maximum absolute atomic E-state index is 9.54. The lowest BCUT2D eigenvalue weighted by atomic mass is 9.85. The van der Waals surface area contributed by atoms with E-state index < -0.39 is 0 Å². The van der Waals surface area contributed by atoms with Crippen LogP contribution in [0.1, 0.15) is 46.5 Å². The number of likely N-dealkylation sites (N-methyl/N-ethyl adjacent to an activating group) is 1. The van der Waals surface area contributed by atoms with E-state index in [1.807, 2.05) is 0 Å². The number of rotatable bonds is 9. The third-order valence-electron chi connectivity index (χ3n) is 4.30. The van der Waals surface area contributed by atoms with Crippen molar-refractivity contribution in [3.05, 3.63) is 0 Å². The van der Waals surface area contributed by atoms with E-state index in [0.717, 1.165) is 39.1 Å². The molecular weight excluding hydrogens is 250 g/mol. The van der Waals surface area contributed by atoms with E-state index in [1.165, 1.54) is 12.8 Å². The van der Waals surface area contributed by atoms with Crippen LogP contribution < -0.4 is 5.32 Å². The molecule has 1 rings (SSSR count). The Morgan fingerprint density at radius 1 is 1.45 bits per heavy atom. The third kappa shape index (κ3) is 5.05. The number of nitrogens with zero attached hydrogens (tertiary/aromatic N) is 2. The Balaban J connectivity index is 2.34. The van der Waals surface area contributed by atoms with Crippen molar-refractivity contribution in [2.24, 2.45) is 5.92 Å². The molecule has 2 unspecified atom stereocenters. The summed E-state index contributed by atoms with van der Waals surface area (Å²) in [5, 5.41) is 13.0. The monoisotopic (exact) mass is 281 g/mol. The van der Waals surface area contributed by atoms with Crippen LogP contribution in [0.3, 0.4) is 0 Å². The Kier molecular flexibility index (Phi) is 7.50. The van der Waals surface area contributed by atoms with Gasteiger partial charge in [-0.25, -0.2) is 0 Å². The molecule has 1 fully saturated rings. The minimum absolute atomic E-state index is 0.274. The first-order valence-corrected chi connectivity index (χ1v) is 8.00. The summed E-state index contributed by atoms with van der Waals surface area (Å²) in [6, 6.07) is 2.56. The van der Waals surface area contributed by atoms with Gasteiger partial charge in [0.2, 0.25) is 0 Å². The van der Waals surface area contributed by atoms with Crippen LogP contribution in [0.15, 0.2) is 0 Å². The molecule has 1 aliphatic carbocycles. The van der Waals surface area contributed by atoms with Crippen molar-refractivity contribution < 1.29 is 4.74 Å². The van der Waals surface area contributed by atoms with Gasteiger partial charge in [-0.15, -0.1) is 0 Å². The van der Waals surface area contributed by atoms with E-state index in [4.69, 9.17) is 4.74 Å². The van der Waals surface area contributed by atoms with Gasteiger partial charge in [0.05, 0.1) is 18.8 Å². The molecule has 4 heteroatoms. The first-order valence-electron chi connectivity index (χ1n) is 8.00. The van der Waals surface area contributed by atoms with Gasteiger partial charge < -0.3 is 9.64 Å². The van der Waals surface area contributed by atoms with Crippen molar-refractivity contribution in [2.45, 2.75) is 58.1 Å². The number of hydrogen-bond acceptors (Lipinski definition) is 4. The summed E-state index contributed by atoms with van der Waals surface area (Å²) in [5.74, 6) is 0.487. The van der Waals surface area contributed by atoms with E-state index in [0.29, 0.717) is 12.0 Å². The van der Waals surface area contributed by atoms with Gasteiger partial charge in [0, 0.05) is 6.54 Å². The first kappa shape index (κ1) is 17.4. The van der Waals surface area contributed by atoms with Crippen LogP contribution in [0.25, 0.3) is 0 Å². The third-order valence-corrected chi connectivity index (χ3v) is 4.30. The second-order valence-electron chi connectivity index (χ2n) is 6.21. The van der Waals surface area contributed by atoms with Crippen LogP contribution in [0.5, 0.6) is 0 Å². The summed E-state index contributed by atoms with van der Waals surface area (Å²) >= 11 is 0. The highest BCUT2D eigenvalue weighted by Gasteiger charge is 2.42. The zero-order valence-corrected chi connectivity index (χ0v) is 13.6. The van der Waals surface area contributed by atoms with Crippen molar-refractivity contribution in [3.63, 3.8) is 0 Å². The molecule has 0 spiro atoms. The quantitative estimate of drug-likeness (QED) is 0.705. The molecule has 0 amide bonds. The number of hydrogen-bond donors (Lipinski definition) is 1. The van der Waals surface area contributed by atoms with Crippen molar-refractivity contribution in [2.75, 3.05) is 33.3 Å². The summed E-state index contributed by atoms with van der Waals surface area (Å²) in [5.41, 5.74) is -0.274. The summed E-state index contributed by atoms with van der Waals surface area (Å²) in [4.78, 5) is 2.31.